The second-order valence-corrected chi connectivity index (χ2v) is 4.45. The fourth-order valence-corrected chi connectivity index (χ4v) is 2.16. The molecule has 5 heteroatoms. The summed E-state index contributed by atoms with van der Waals surface area (Å²) in [7, 11) is 0. The lowest BCUT2D eigenvalue weighted by Gasteiger charge is -2.13. The molecule has 1 aromatic carbocycles. The van der Waals surface area contributed by atoms with Crippen LogP contribution in [0.4, 0.5) is 13.2 Å². The van der Waals surface area contributed by atoms with Crippen LogP contribution in [-0.4, -0.2) is 12.4 Å². The minimum absolute atomic E-state index is 0.000979. The highest BCUT2D eigenvalue weighted by Gasteiger charge is 2.43. The van der Waals surface area contributed by atoms with Crippen LogP contribution in [0.2, 0.25) is 0 Å². The van der Waals surface area contributed by atoms with Gasteiger partial charge in [0.15, 0.2) is 0 Å². The maximum absolute atomic E-state index is 12.2. The third-order valence-corrected chi connectivity index (χ3v) is 3.06. The lowest BCUT2D eigenvalue weighted by molar-refractivity contribution is -0.274. The average Bonchev–Trinajstić information content (AvgIpc) is 2.95. The van der Waals surface area contributed by atoms with E-state index in [-0.39, 0.29) is 23.6 Å². The fourth-order valence-electron chi connectivity index (χ4n) is 2.16. The van der Waals surface area contributed by atoms with Gasteiger partial charge in [-0.3, -0.25) is 0 Å². The summed E-state index contributed by atoms with van der Waals surface area (Å²) in [6.45, 7) is 1.87. The number of rotatable bonds is 3. The summed E-state index contributed by atoms with van der Waals surface area (Å²) in [5.41, 5.74) is 6.34. The van der Waals surface area contributed by atoms with Gasteiger partial charge in [-0.2, -0.15) is 0 Å². The summed E-state index contributed by atoms with van der Waals surface area (Å²) in [6.07, 6.45) is -3.81. The van der Waals surface area contributed by atoms with Crippen LogP contribution >= 0.6 is 0 Å². The van der Waals surface area contributed by atoms with E-state index in [0.717, 1.165) is 6.42 Å². The Labute approximate surface area is 97.6 Å². The molecule has 1 saturated carbocycles. The summed E-state index contributed by atoms with van der Waals surface area (Å²) in [5, 5.41) is 0. The van der Waals surface area contributed by atoms with Crippen LogP contribution in [0.15, 0.2) is 24.3 Å². The Morgan fingerprint density at radius 1 is 1.35 bits per heavy atom. The molecule has 0 aliphatic heterocycles. The standard InChI is InChI=1S/C12H14F3NO/c1-7(16)9-6-10(9)8-4-2-3-5-11(8)17-12(13,14)15/h2-5,7,9-10H,6,16H2,1H3/t7-,9+,10-/m1/s1. The minimum atomic E-state index is -4.64. The van der Waals surface area contributed by atoms with Crippen molar-refractivity contribution in [2.75, 3.05) is 0 Å². The van der Waals surface area contributed by atoms with Gasteiger partial charge in [0.1, 0.15) is 5.75 Å². The number of alkyl halides is 3. The van der Waals surface area contributed by atoms with Gasteiger partial charge in [0.05, 0.1) is 0 Å². The molecule has 1 aromatic rings. The first-order valence-electron chi connectivity index (χ1n) is 5.49. The molecule has 2 N–H and O–H groups in total. The van der Waals surface area contributed by atoms with Crippen molar-refractivity contribution in [2.24, 2.45) is 11.7 Å². The highest BCUT2D eigenvalue weighted by molar-refractivity contribution is 5.40. The van der Waals surface area contributed by atoms with Crippen molar-refractivity contribution in [1.29, 1.82) is 0 Å². The Bertz CT molecular complexity index is 403. The van der Waals surface area contributed by atoms with E-state index in [9.17, 15) is 13.2 Å². The molecule has 0 unspecified atom stereocenters. The monoisotopic (exact) mass is 245 g/mol. The van der Waals surface area contributed by atoms with Gasteiger partial charge in [-0.15, -0.1) is 13.2 Å². The maximum Gasteiger partial charge on any atom is 0.573 e. The Kier molecular flexibility index (Phi) is 3.03. The summed E-state index contributed by atoms with van der Waals surface area (Å²) in [4.78, 5) is 0. The summed E-state index contributed by atoms with van der Waals surface area (Å²) in [6, 6.07) is 6.27. The fraction of sp³-hybridized carbons (Fsp3) is 0.500. The van der Waals surface area contributed by atoms with E-state index in [2.05, 4.69) is 4.74 Å². The number of para-hydroxylation sites is 1. The summed E-state index contributed by atoms with van der Waals surface area (Å²) < 4.78 is 40.7. The Hall–Kier alpha value is -1.23. The average molecular weight is 245 g/mol. The molecule has 0 heterocycles. The Morgan fingerprint density at radius 3 is 2.53 bits per heavy atom. The lowest BCUT2D eigenvalue weighted by Crippen LogP contribution is -2.19. The molecule has 1 fully saturated rings. The van der Waals surface area contributed by atoms with Crippen LogP contribution in [0, 0.1) is 5.92 Å². The lowest BCUT2D eigenvalue weighted by atomic mass is 10.1. The van der Waals surface area contributed by atoms with Gasteiger partial charge < -0.3 is 10.5 Å². The maximum atomic E-state index is 12.2. The highest BCUT2D eigenvalue weighted by Crippen LogP contribution is 2.52. The van der Waals surface area contributed by atoms with E-state index in [4.69, 9.17) is 5.73 Å². The van der Waals surface area contributed by atoms with E-state index in [1.165, 1.54) is 12.1 Å². The third-order valence-electron chi connectivity index (χ3n) is 3.06. The van der Waals surface area contributed by atoms with Crippen LogP contribution < -0.4 is 10.5 Å². The van der Waals surface area contributed by atoms with Gasteiger partial charge in [-0.25, -0.2) is 0 Å². The van der Waals surface area contributed by atoms with Crippen LogP contribution in [0.3, 0.4) is 0 Å². The molecule has 2 nitrogen and oxygen atoms in total. The van der Waals surface area contributed by atoms with E-state index < -0.39 is 6.36 Å². The van der Waals surface area contributed by atoms with E-state index in [0.29, 0.717) is 5.56 Å². The van der Waals surface area contributed by atoms with Gasteiger partial charge in [0.25, 0.3) is 0 Å². The second-order valence-electron chi connectivity index (χ2n) is 4.45. The number of hydrogen-bond acceptors (Lipinski definition) is 2. The van der Waals surface area contributed by atoms with Crippen LogP contribution in [0.1, 0.15) is 24.8 Å². The zero-order chi connectivity index (χ0) is 12.6. The molecule has 0 radical (unpaired) electrons. The number of ether oxygens (including phenoxy) is 1. The van der Waals surface area contributed by atoms with Crippen molar-refractivity contribution >= 4 is 0 Å². The van der Waals surface area contributed by atoms with E-state index >= 15 is 0 Å². The molecule has 0 spiro atoms. The zero-order valence-corrected chi connectivity index (χ0v) is 9.37. The van der Waals surface area contributed by atoms with Crippen molar-refractivity contribution in [3.63, 3.8) is 0 Å². The molecule has 3 atom stereocenters. The van der Waals surface area contributed by atoms with Crippen molar-refractivity contribution in [3.05, 3.63) is 29.8 Å². The normalized spacial score (nSPS) is 25.5. The molecule has 1 aliphatic rings. The van der Waals surface area contributed by atoms with Crippen LogP contribution in [0.5, 0.6) is 5.75 Å². The molecule has 17 heavy (non-hydrogen) atoms. The molecule has 94 valence electrons. The predicted molar refractivity (Wildman–Crippen MR) is 57.6 cm³/mol. The minimum Gasteiger partial charge on any atom is -0.405 e. The quantitative estimate of drug-likeness (QED) is 0.888. The smallest absolute Gasteiger partial charge is 0.405 e. The number of halogens is 3. The molecular formula is C12H14F3NO. The number of hydrogen-bond donors (Lipinski definition) is 1. The van der Waals surface area contributed by atoms with Crippen molar-refractivity contribution in [1.82, 2.24) is 0 Å². The number of nitrogens with two attached hydrogens (primary N) is 1. The van der Waals surface area contributed by atoms with Crippen molar-refractivity contribution < 1.29 is 17.9 Å². The van der Waals surface area contributed by atoms with E-state index in [1.807, 2.05) is 6.92 Å². The summed E-state index contributed by atoms with van der Waals surface area (Å²) in [5.74, 6) is 0.245. The molecule has 0 aromatic heterocycles. The SMILES string of the molecule is C[C@@H](N)[C@@H]1C[C@@H]1c1ccccc1OC(F)(F)F. The van der Waals surface area contributed by atoms with Gasteiger partial charge in [-0.05, 0) is 36.8 Å². The highest BCUT2D eigenvalue weighted by atomic mass is 19.4. The van der Waals surface area contributed by atoms with Gasteiger partial charge in [0, 0.05) is 6.04 Å². The molecule has 0 bridgehead atoms. The third kappa shape index (κ3) is 2.91. The topological polar surface area (TPSA) is 35.2 Å². The molecule has 0 amide bonds. The van der Waals surface area contributed by atoms with Crippen molar-refractivity contribution in [3.8, 4) is 5.75 Å². The Morgan fingerprint density at radius 2 is 2.00 bits per heavy atom. The first kappa shape index (κ1) is 12.2. The molecule has 2 rings (SSSR count). The summed E-state index contributed by atoms with van der Waals surface area (Å²) >= 11 is 0. The van der Waals surface area contributed by atoms with Gasteiger partial charge in [-0.1, -0.05) is 18.2 Å². The van der Waals surface area contributed by atoms with Crippen LogP contribution in [0.25, 0.3) is 0 Å². The van der Waals surface area contributed by atoms with Crippen LogP contribution in [-0.2, 0) is 0 Å². The number of benzene rings is 1. The second kappa shape index (κ2) is 4.22. The first-order chi connectivity index (χ1) is 7.88. The van der Waals surface area contributed by atoms with Gasteiger partial charge in [0.2, 0.25) is 0 Å². The first-order valence-corrected chi connectivity index (χ1v) is 5.49. The van der Waals surface area contributed by atoms with Gasteiger partial charge >= 0.3 is 6.36 Å². The largest absolute Gasteiger partial charge is 0.573 e. The van der Waals surface area contributed by atoms with Crippen molar-refractivity contribution in [2.45, 2.75) is 31.7 Å². The Balaban J connectivity index is 2.18. The molecule has 0 saturated heterocycles. The predicted octanol–water partition coefficient (Wildman–Crippen LogP) is 3.04. The molecule has 1 aliphatic carbocycles. The molecular weight excluding hydrogens is 231 g/mol. The van der Waals surface area contributed by atoms with E-state index in [1.54, 1.807) is 12.1 Å². The zero-order valence-electron chi connectivity index (χ0n) is 9.37.